The minimum absolute atomic E-state index is 0.0842. The summed E-state index contributed by atoms with van der Waals surface area (Å²) in [7, 11) is 0. The zero-order valence-electron chi connectivity index (χ0n) is 14.8. The maximum atomic E-state index is 12.6. The molecule has 0 unspecified atom stereocenters. The second-order valence-electron chi connectivity index (χ2n) is 6.06. The van der Waals surface area contributed by atoms with E-state index in [-0.39, 0.29) is 23.4 Å². The van der Waals surface area contributed by atoms with Crippen molar-refractivity contribution < 1.29 is 22.7 Å². The number of hydrogen-bond donors (Lipinski definition) is 1. The monoisotopic (exact) mass is 412 g/mol. The van der Waals surface area contributed by atoms with Crippen LogP contribution in [0.5, 0.6) is 5.88 Å². The molecule has 10 heteroatoms. The number of nitrogens with zero attached hydrogens (tertiary/aromatic N) is 3. The first-order chi connectivity index (χ1) is 13.3. The average molecular weight is 413 g/mol. The van der Waals surface area contributed by atoms with Crippen LogP contribution >= 0.6 is 11.6 Å². The summed E-state index contributed by atoms with van der Waals surface area (Å²) in [5, 5.41) is 6.66. The fraction of sp³-hybridized carbons (Fsp3) is 0.278. The molecule has 0 aliphatic heterocycles. The number of aromatic nitrogens is 3. The van der Waals surface area contributed by atoms with Gasteiger partial charge in [-0.1, -0.05) is 11.6 Å². The molecular weight excluding hydrogens is 397 g/mol. The Balaban J connectivity index is 1.49. The molecule has 0 saturated carbocycles. The van der Waals surface area contributed by atoms with Gasteiger partial charge in [0.1, 0.15) is 5.02 Å². The number of carbonyl (C=O) groups is 1. The number of ether oxygens (including phenoxy) is 1. The molecular formula is C18H16ClF3N4O2. The molecule has 148 valence electrons. The molecule has 1 N–H and O–H groups in total. The number of rotatable bonds is 6. The summed E-state index contributed by atoms with van der Waals surface area (Å²) in [6.07, 6.45) is -0.169. The number of carbonyl (C=O) groups excluding carboxylic acids is 1. The first-order valence-electron chi connectivity index (χ1n) is 8.33. The summed E-state index contributed by atoms with van der Waals surface area (Å²) in [5.74, 6) is -0.356. The van der Waals surface area contributed by atoms with Crippen LogP contribution in [0.15, 0.2) is 36.8 Å². The molecule has 0 radical (unpaired) electrons. The third-order valence-electron chi connectivity index (χ3n) is 3.90. The van der Waals surface area contributed by atoms with Gasteiger partial charge in [0.25, 0.3) is 5.91 Å². The lowest BCUT2D eigenvalue weighted by molar-refractivity contribution is -0.137. The lowest BCUT2D eigenvalue weighted by Crippen LogP contribution is -2.25. The highest BCUT2D eigenvalue weighted by molar-refractivity contribution is 6.31. The van der Waals surface area contributed by atoms with E-state index in [1.807, 2.05) is 19.1 Å². The zero-order chi connectivity index (χ0) is 20.3. The van der Waals surface area contributed by atoms with Crippen molar-refractivity contribution in [1.29, 1.82) is 0 Å². The van der Waals surface area contributed by atoms with Gasteiger partial charge in [-0.05, 0) is 37.1 Å². The van der Waals surface area contributed by atoms with E-state index in [4.69, 9.17) is 16.3 Å². The van der Waals surface area contributed by atoms with Gasteiger partial charge in [0.2, 0.25) is 5.88 Å². The summed E-state index contributed by atoms with van der Waals surface area (Å²) in [6.45, 7) is 2.36. The van der Waals surface area contributed by atoms with E-state index in [1.54, 1.807) is 10.7 Å². The molecule has 0 saturated heterocycles. The predicted octanol–water partition coefficient (Wildman–Crippen LogP) is 3.91. The quantitative estimate of drug-likeness (QED) is 0.623. The minimum atomic E-state index is -4.52. The zero-order valence-corrected chi connectivity index (χ0v) is 15.5. The average Bonchev–Trinajstić information content (AvgIpc) is 3.04. The van der Waals surface area contributed by atoms with Crippen LogP contribution in [0, 0.1) is 6.92 Å². The third kappa shape index (κ3) is 4.53. The van der Waals surface area contributed by atoms with Crippen molar-refractivity contribution in [2.24, 2.45) is 0 Å². The Bertz CT molecular complexity index is 1000. The van der Waals surface area contributed by atoms with Crippen LogP contribution in [0.4, 0.5) is 13.2 Å². The summed E-state index contributed by atoms with van der Waals surface area (Å²) < 4.78 is 44.6. The van der Waals surface area contributed by atoms with Gasteiger partial charge in [-0.25, -0.2) is 9.50 Å². The number of amides is 1. The number of halogens is 4. The van der Waals surface area contributed by atoms with Crippen LogP contribution in [0.25, 0.3) is 5.52 Å². The van der Waals surface area contributed by atoms with Crippen molar-refractivity contribution in [3.63, 3.8) is 0 Å². The predicted molar refractivity (Wildman–Crippen MR) is 96.6 cm³/mol. The Hall–Kier alpha value is -2.81. The number of pyridine rings is 2. The van der Waals surface area contributed by atoms with Crippen LogP contribution in [0.2, 0.25) is 5.02 Å². The van der Waals surface area contributed by atoms with Crippen LogP contribution in [-0.2, 0) is 6.18 Å². The Morgan fingerprint density at radius 1 is 1.32 bits per heavy atom. The van der Waals surface area contributed by atoms with Crippen molar-refractivity contribution in [3.05, 3.63) is 58.5 Å². The standard InChI is InChI=1S/C18H16ClF3N4O2/c1-11-3-5-26-15(7-11)13(10-25-26)16(27)23-4-2-6-28-17-14(19)8-12(9-24-17)18(20,21)22/h3,5,7-10H,2,4,6H2,1H3,(H,23,27). The van der Waals surface area contributed by atoms with Gasteiger partial charge >= 0.3 is 6.18 Å². The number of nitrogens with one attached hydrogen (secondary N) is 1. The molecule has 6 nitrogen and oxygen atoms in total. The maximum absolute atomic E-state index is 12.6. The van der Waals surface area contributed by atoms with E-state index in [1.165, 1.54) is 6.20 Å². The van der Waals surface area contributed by atoms with Gasteiger partial charge in [0.05, 0.1) is 29.4 Å². The van der Waals surface area contributed by atoms with Gasteiger partial charge < -0.3 is 10.1 Å². The lowest BCUT2D eigenvalue weighted by Gasteiger charge is -2.10. The molecule has 0 bridgehead atoms. The van der Waals surface area contributed by atoms with E-state index < -0.39 is 11.7 Å². The van der Waals surface area contributed by atoms with Crippen molar-refractivity contribution >= 4 is 23.0 Å². The molecule has 0 aromatic carbocycles. The number of hydrogen-bond acceptors (Lipinski definition) is 4. The van der Waals surface area contributed by atoms with Crippen molar-refractivity contribution in [3.8, 4) is 5.88 Å². The summed E-state index contributed by atoms with van der Waals surface area (Å²) in [6, 6.07) is 4.52. The topological polar surface area (TPSA) is 68.5 Å². The number of alkyl halides is 3. The van der Waals surface area contributed by atoms with E-state index in [0.29, 0.717) is 30.2 Å². The van der Waals surface area contributed by atoms with E-state index >= 15 is 0 Å². The van der Waals surface area contributed by atoms with Gasteiger partial charge in [0, 0.05) is 18.9 Å². The van der Waals surface area contributed by atoms with Crippen LogP contribution in [-0.4, -0.2) is 33.7 Å². The van der Waals surface area contributed by atoms with Gasteiger partial charge in [-0.15, -0.1) is 0 Å². The highest BCUT2D eigenvalue weighted by Crippen LogP contribution is 2.33. The normalized spacial score (nSPS) is 11.6. The molecule has 1 amide bonds. The van der Waals surface area contributed by atoms with Crippen LogP contribution < -0.4 is 10.1 Å². The Labute approximate surface area is 163 Å². The number of aryl methyl sites for hydroxylation is 1. The molecule has 3 heterocycles. The first-order valence-corrected chi connectivity index (χ1v) is 8.71. The number of fused-ring (bicyclic) bond motifs is 1. The SMILES string of the molecule is Cc1ccn2ncc(C(=O)NCCCOc3ncc(C(F)(F)F)cc3Cl)c2c1. The molecule has 0 aliphatic carbocycles. The van der Waals surface area contributed by atoms with Gasteiger partial charge in [-0.2, -0.15) is 18.3 Å². The highest BCUT2D eigenvalue weighted by atomic mass is 35.5. The van der Waals surface area contributed by atoms with Crippen LogP contribution in [0.3, 0.4) is 0 Å². The second kappa shape index (κ2) is 8.05. The molecule has 0 atom stereocenters. The second-order valence-corrected chi connectivity index (χ2v) is 6.47. The van der Waals surface area contributed by atoms with E-state index in [9.17, 15) is 18.0 Å². The summed E-state index contributed by atoms with van der Waals surface area (Å²) in [5.41, 5.74) is 1.23. The largest absolute Gasteiger partial charge is 0.477 e. The summed E-state index contributed by atoms with van der Waals surface area (Å²) in [4.78, 5) is 15.9. The minimum Gasteiger partial charge on any atom is -0.477 e. The Kier molecular flexibility index (Phi) is 5.73. The molecule has 3 rings (SSSR count). The molecule has 3 aromatic heterocycles. The smallest absolute Gasteiger partial charge is 0.417 e. The van der Waals surface area contributed by atoms with Crippen molar-refractivity contribution in [1.82, 2.24) is 19.9 Å². The fourth-order valence-electron chi connectivity index (χ4n) is 2.49. The lowest BCUT2D eigenvalue weighted by atomic mass is 10.2. The van der Waals surface area contributed by atoms with E-state index in [0.717, 1.165) is 11.6 Å². The summed E-state index contributed by atoms with van der Waals surface area (Å²) >= 11 is 5.77. The molecule has 0 aliphatic rings. The fourth-order valence-corrected chi connectivity index (χ4v) is 2.71. The molecule has 0 fully saturated rings. The van der Waals surface area contributed by atoms with Crippen LogP contribution in [0.1, 0.15) is 27.9 Å². The van der Waals surface area contributed by atoms with Crippen molar-refractivity contribution in [2.75, 3.05) is 13.2 Å². The Morgan fingerprint density at radius 3 is 2.82 bits per heavy atom. The molecule has 3 aromatic rings. The highest BCUT2D eigenvalue weighted by Gasteiger charge is 2.31. The third-order valence-corrected chi connectivity index (χ3v) is 4.17. The van der Waals surface area contributed by atoms with E-state index in [2.05, 4.69) is 15.4 Å². The molecule has 28 heavy (non-hydrogen) atoms. The maximum Gasteiger partial charge on any atom is 0.417 e. The van der Waals surface area contributed by atoms with Crippen molar-refractivity contribution in [2.45, 2.75) is 19.5 Å². The first kappa shape index (κ1) is 19.9. The Morgan fingerprint density at radius 2 is 2.11 bits per heavy atom. The van der Waals surface area contributed by atoms with Gasteiger partial charge in [0.15, 0.2) is 0 Å². The molecule has 0 spiro atoms. The van der Waals surface area contributed by atoms with Gasteiger partial charge in [-0.3, -0.25) is 4.79 Å².